The van der Waals surface area contributed by atoms with E-state index in [4.69, 9.17) is 4.74 Å². The van der Waals surface area contributed by atoms with Crippen LogP contribution in [0.15, 0.2) is 60.7 Å². The minimum absolute atomic E-state index is 0.158. The number of rotatable bonds is 5. The number of hydrogen-bond acceptors (Lipinski definition) is 2. The smallest absolute Gasteiger partial charge is 0.317 e. The summed E-state index contributed by atoms with van der Waals surface area (Å²) >= 11 is 0. The van der Waals surface area contributed by atoms with Gasteiger partial charge in [-0.15, -0.1) is 0 Å². The van der Waals surface area contributed by atoms with Crippen molar-refractivity contribution >= 4 is 16.8 Å². The SMILES string of the molecule is COc1ccc2cc(CNC(=O)N(C)[C@H](C)c3ccc(F)cc3)ccc2c1. The van der Waals surface area contributed by atoms with E-state index in [1.807, 2.05) is 37.3 Å². The number of halogens is 1. The van der Waals surface area contributed by atoms with Gasteiger partial charge in [0.2, 0.25) is 0 Å². The van der Waals surface area contributed by atoms with Gasteiger partial charge in [-0.25, -0.2) is 9.18 Å². The molecule has 0 aliphatic carbocycles. The Bertz CT molecular complexity index is 941. The largest absolute Gasteiger partial charge is 0.497 e. The summed E-state index contributed by atoms with van der Waals surface area (Å²) in [5.41, 5.74) is 1.90. The molecule has 3 rings (SSSR count). The molecule has 0 aliphatic rings. The lowest BCUT2D eigenvalue weighted by molar-refractivity contribution is 0.194. The summed E-state index contributed by atoms with van der Waals surface area (Å²) in [6.07, 6.45) is 0. The van der Waals surface area contributed by atoms with Crippen molar-refractivity contribution in [3.8, 4) is 5.75 Å². The Morgan fingerprint density at radius 3 is 2.44 bits per heavy atom. The zero-order chi connectivity index (χ0) is 19.4. The van der Waals surface area contributed by atoms with Crippen LogP contribution in [0.5, 0.6) is 5.75 Å². The fraction of sp³-hybridized carbons (Fsp3) is 0.227. The van der Waals surface area contributed by atoms with E-state index in [1.54, 1.807) is 31.2 Å². The summed E-state index contributed by atoms with van der Waals surface area (Å²) in [6, 6.07) is 17.8. The normalized spacial score (nSPS) is 11.9. The summed E-state index contributed by atoms with van der Waals surface area (Å²) in [7, 11) is 3.38. The van der Waals surface area contributed by atoms with Gasteiger partial charge in [-0.2, -0.15) is 0 Å². The van der Waals surface area contributed by atoms with Crippen LogP contribution in [0.2, 0.25) is 0 Å². The van der Waals surface area contributed by atoms with E-state index < -0.39 is 0 Å². The van der Waals surface area contributed by atoms with Gasteiger partial charge in [0.25, 0.3) is 0 Å². The molecule has 1 N–H and O–H groups in total. The van der Waals surface area contributed by atoms with Gasteiger partial charge < -0.3 is 15.0 Å². The van der Waals surface area contributed by atoms with E-state index in [1.165, 1.54) is 12.1 Å². The number of urea groups is 1. The Morgan fingerprint density at radius 2 is 1.74 bits per heavy atom. The number of nitrogens with zero attached hydrogens (tertiary/aromatic N) is 1. The lowest BCUT2D eigenvalue weighted by Gasteiger charge is -2.25. The van der Waals surface area contributed by atoms with Gasteiger partial charge in [-0.05, 0) is 59.2 Å². The fourth-order valence-corrected chi connectivity index (χ4v) is 2.95. The monoisotopic (exact) mass is 366 g/mol. The number of carbonyl (C=O) groups excluding carboxylic acids is 1. The molecule has 1 atom stereocenters. The van der Waals surface area contributed by atoms with Crippen LogP contribution < -0.4 is 10.1 Å². The molecule has 5 heteroatoms. The van der Waals surface area contributed by atoms with Gasteiger partial charge in [-0.1, -0.05) is 30.3 Å². The van der Waals surface area contributed by atoms with Crippen LogP contribution in [0.4, 0.5) is 9.18 Å². The average Bonchev–Trinajstić information content (AvgIpc) is 2.70. The predicted octanol–water partition coefficient (Wildman–Crippen LogP) is 4.89. The van der Waals surface area contributed by atoms with E-state index >= 15 is 0 Å². The molecule has 0 bridgehead atoms. The Morgan fingerprint density at radius 1 is 1.07 bits per heavy atom. The van der Waals surface area contributed by atoms with Crippen LogP contribution in [0, 0.1) is 5.82 Å². The van der Waals surface area contributed by atoms with Gasteiger partial charge in [-0.3, -0.25) is 0 Å². The highest BCUT2D eigenvalue weighted by Gasteiger charge is 2.17. The van der Waals surface area contributed by atoms with E-state index in [-0.39, 0.29) is 17.9 Å². The van der Waals surface area contributed by atoms with Gasteiger partial charge in [0.05, 0.1) is 13.2 Å². The van der Waals surface area contributed by atoms with Crippen LogP contribution in [0.1, 0.15) is 24.1 Å². The van der Waals surface area contributed by atoms with Crippen LogP contribution in [0.3, 0.4) is 0 Å². The van der Waals surface area contributed by atoms with Crippen molar-refractivity contribution < 1.29 is 13.9 Å². The van der Waals surface area contributed by atoms with E-state index in [0.29, 0.717) is 6.54 Å². The molecule has 0 spiro atoms. The average molecular weight is 366 g/mol. The minimum Gasteiger partial charge on any atom is -0.497 e. The van der Waals surface area contributed by atoms with Crippen molar-refractivity contribution in [3.63, 3.8) is 0 Å². The third kappa shape index (κ3) is 4.37. The number of benzene rings is 3. The quantitative estimate of drug-likeness (QED) is 0.698. The Kier molecular flexibility index (Phi) is 5.60. The summed E-state index contributed by atoms with van der Waals surface area (Å²) in [5.74, 6) is 0.534. The highest BCUT2D eigenvalue weighted by atomic mass is 19.1. The van der Waals surface area contributed by atoms with Gasteiger partial charge >= 0.3 is 6.03 Å². The van der Waals surface area contributed by atoms with E-state index in [9.17, 15) is 9.18 Å². The maximum atomic E-state index is 13.1. The summed E-state index contributed by atoms with van der Waals surface area (Å²) in [4.78, 5) is 14.1. The van der Waals surface area contributed by atoms with E-state index in [2.05, 4.69) is 11.4 Å². The Hall–Kier alpha value is -3.08. The maximum absolute atomic E-state index is 13.1. The number of amides is 2. The van der Waals surface area contributed by atoms with Crippen LogP contribution >= 0.6 is 0 Å². The summed E-state index contributed by atoms with van der Waals surface area (Å²) < 4.78 is 18.3. The number of methoxy groups -OCH3 is 1. The Labute approximate surface area is 158 Å². The molecule has 27 heavy (non-hydrogen) atoms. The van der Waals surface area contributed by atoms with Crippen molar-refractivity contribution in [1.29, 1.82) is 0 Å². The number of hydrogen-bond donors (Lipinski definition) is 1. The molecule has 2 amide bonds. The minimum atomic E-state index is -0.285. The second-order valence-corrected chi connectivity index (χ2v) is 6.54. The first-order chi connectivity index (χ1) is 13.0. The molecule has 0 heterocycles. The second kappa shape index (κ2) is 8.08. The number of nitrogens with one attached hydrogen (secondary N) is 1. The molecule has 0 aromatic heterocycles. The highest BCUT2D eigenvalue weighted by Crippen LogP contribution is 2.22. The molecule has 0 saturated carbocycles. The molecule has 0 fully saturated rings. The van der Waals surface area contributed by atoms with E-state index in [0.717, 1.165) is 27.6 Å². The molecule has 3 aromatic carbocycles. The van der Waals surface area contributed by atoms with Crippen molar-refractivity contribution in [2.75, 3.05) is 14.2 Å². The Balaban J connectivity index is 1.64. The number of ether oxygens (including phenoxy) is 1. The number of carbonyl (C=O) groups is 1. The van der Waals surface area contributed by atoms with Crippen molar-refractivity contribution in [2.24, 2.45) is 0 Å². The third-order valence-electron chi connectivity index (χ3n) is 4.81. The summed E-state index contributed by atoms with van der Waals surface area (Å²) in [5, 5.41) is 5.12. The maximum Gasteiger partial charge on any atom is 0.317 e. The highest BCUT2D eigenvalue weighted by molar-refractivity contribution is 5.84. The predicted molar refractivity (Wildman–Crippen MR) is 105 cm³/mol. The topological polar surface area (TPSA) is 41.6 Å². The van der Waals surface area contributed by atoms with Crippen LogP contribution in [0.25, 0.3) is 10.8 Å². The molecule has 0 saturated heterocycles. The fourth-order valence-electron chi connectivity index (χ4n) is 2.95. The van der Waals surface area contributed by atoms with Crippen LogP contribution in [-0.4, -0.2) is 25.1 Å². The first-order valence-corrected chi connectivity index (χ1v) is 8.81. The van der Waals surface area contributed by atoms with Crippen molar-refractivity contribution in [2.45, 2.75) is 19.5 Å². The number of fused-ring (bicyclic) bond motifs is 1. The first-order valence-electron chi connectivity index (χ1n) is 8.81. The third-order valence-corrected chi connectivity index (χ3v) is 4.81. The molecule has 0 unspecified atom stereocenters. The molecule has 140 valence electrons. The van der Waals surface area contributed by atoms with Crippen molar-refractivity contribution in [1.82, 2.24) is 10.2 Å². The summed E-state index contributed by atoms with van der Waals surface area (Å²) in [6.45, 7) is 2.34. The lowest BCUT2D eigenvalue weighted by atomic mass is 10.1. The molecule has 0 radical (unpaired) electrons. The molecule has 4 nitrogen and oxygen atoms in total. The van der Waals surface area contributed by atoms with Crippen molar-refractivity contribution in [3.05, 3.63) is 77.6 Å². The first kappa shape index (κ1) is 18.7. The molecule has 0 aliphatic heterocycles. The molecule has 3 aromatic rings. The standard InChI is InChI=1S/C22H23FN2O2/c1-15(17-6-9-20(23)10-7-17)25(2)22(26)24-14-16-4-5-19-13-21(27-3)11-8-18(19)12-16/h4-13,15H,14H2,1-3H3,(H,24,26)/t15-/m1/s1. The zero-order valence-electron chi connectivity index (χ0n) is 15.7. The second-order valence-electron chi connectivity index (χ2n) is 6.54. The van der Waals surface area contributed by atoms with Crippen LogP contribution in [-0.2, 0) is 6.54 Å². The molecular formula is C22H23FN2O2. The lowest BCUT2D eigenvalue weighted by Crippen LogP contribution is -2.38. The van der Waals surface area contributed by atoms with Gasteiger partial charge in [0.1, 0.15) is 11.6 Å². The van der Waals surface area contributed by atoms with Gasteiger partial charge in [0, 0.05) is 13.6 Å². The van der Waals surface area contributed by atoms with Gasteiger partial charge in [0.15, 0.2) is 0 Å². The molecular weight excluding hydrogens is 343 g/mol. The zero-order valence-corrected chi connectivity index (χ0v) is 15.7.